The Bertz CT molecular complexity index is 541. The molecule has 0 bridgehead atoms. The standard InChI is InChI=1S/C17H22N2O/c1-3-19-12(2)15-16(13-8-5-4-6-9-13)18-20-17(15)11-7-10-14(17)19/h4-6,8-9,12,14-15H,3,7,10-11H2,1-2H3. The van der Waals surface area contributed by atoms with Crippen LogP contribution in [0.5, 0.6) is 0 Å². The molecule has 1 aromatic rings. The van der Waals surface area contributed by atoms with E-state index in [2.05, 4.69) is 54.2 Å². The molecule has 2 heterocycles. The van der Waals surface area contributed by atoms with Crippen LogP contribution < -0.4 is 0 Å². The molecule has 106 valence electrons. The molecule has 4 atom stereocenters. The van der Waals surface area contributed by atoms with Crippen LogP contribution in [-0.2, 0) is 4.84 Å². The van der Waals surface area contributed by atoms with Crippen molar-refractivity contribution in [1.29, 1.82) is 0 Å². The molecular weight excluding hydrogens is 248 g/mol. The second-order valence-corrected chi connectivity index (χ2v) is 6.35. The van der Waals surface area contributed by atoms with Crippen molar-refractivity contribution < 1.29 is 4.84 Å². The fourth-order valence-corrected chi connectivity index (χ4v) is 4.84. The molecule has 2 aliphatic heterocycles. The van der Waals surface area contributed by atoms with Crippen LogP contribution in [0.25, 0.3) is 0 Å². The first kappa shape index (κ1) is 12.4. The maximum atomic E-state index is 6.10. The summed E-state index contributed by atoms with van der Waals surface area (Å²) in [5.74, 6) is 0.428. The third kappa shape index (κ3) is 1.42. The molecule has 1 spiro atoms. The van der Waals surface area contributed by atoms with Crippen molar-refractivity contribution in [2.45, 2.75) is 50.8 Å². The van der Waals surface area contributed by atoms with Crippen LogP contribution >= 0.6 is 0 Å². The molecule has 0 N–H and O–H groups in total. The first-order valence-electron chi connectivity index (χ1n) is 7.85. The highest BCUT2D eigenvalue weighted by Crippen LogP contribution is 2.54. The lowest BCUT2D eigenvalue weighted by molar-refractivity contribution is -0.0444. The minimum Gasteiger partial charge on any atom is -0.386 e. The summed E-state index contributed by atoms with van der Waals surface area (Å²) < 4.78 is 0. The van der Waals surface area contributed by atoms with Crippen LogP contribution in [0.3, 0.4) is 0 Å². The number of likely N-dealkylation sites (N-methyl/N-ethyl adjacent to an activating group) is 1. The fourth-order valence-electron chi connectivity index (χ4n) is 4.84. The Morgan fingerprint density at radius 2 is 2.15 bits per heavy atom. The molecule has 1 aromatic carbocycles. The van der Waals surface area contributed by atoms with Gasteiger partial charge in [0.15, 0.2) is 5.60 Å². The predicted molar refractivity (Wildman–Crippen MR) is 79.8 cm³/mol. The molecule has 20 heavy (non-hydrogen) atoms. The van der Waals surface area contributed by atoms with Gasteiger partial charge in [-0.15, -0.1) is 0 Å². The molecule has 2 fully saturated rings. The summed E-state index contributed by atoms with van der Waals surface area (Å²) in [6, 6.07) is 11.6. The lowest BCUT2D eigenvalue weighted by Crippen LogP contribution is -2.43. The average Bonchev–Trinajstić information content (AvgIpc) is 3.11. The first-order chi connectivity index (χ1) is 9.78. The summed E-state index contributed by atoms with van der Waals surface area (Å²) in [4.78, 5) is 8.74. The Balaban J connectivity index is 1.77. The molecule has 1 saturated heterocycles. The monoisotopic (exact) mass is 270 g/mol. The smallest absolute Gasteiger partial charge is 0.163 e. The van der Waals surface area contributed by atoms with E-state index in [0.29, 0.717) is 18.0 Å². The Morgan fingerprint density at radius 1 is 1.35 bits per heavy atom. The van der Waals surface area contributed by atoms with Gasteiger partial charge in [0.05, 0.1) is 17.7 Å². The van der Waals surface area contributed by atoms with Crippen molar-refractivity contribution in [3.8, 4) is 0 Å². The van der Waals surface area contributed by atoms with E-state index in [4.69, 9.17) is 4.84 Å². The van der Waals surface area contributed by atoms with Crippen LogP contribution in [0.15, 0.2) is 35.5 Å². The van der Waals surface area contributed by atoms with Gasteiger partial charge in [-0.05, 0) is 38.3 Å². The Labute approximate surface area is 120 Å². The minimum atomic E-state index is -0.0411. The van der Waals surface area contributed by atoms with Crippen molar-refractivity contribution in [3.05, 3.63) is 35.9 Å². The predicted octanol–water partition coefficient (Wildman–Crippen LogP) is 3.05. The van der Waals surface area contributed by atoms with Crippen LogP contribution in [0, 0.1) is 5.92 Å². The van der Waals surface area contributed by atoms with E-state index in [-0.39, 0.29) is 5.60 Å². The third-order valence-corrected chi connectivity index (χ3v) is 5.58. The Morgan fingerprint density at radius 3 is 2.90 bits per heavy atom. The molecule has 1 saturated carbocycles. The molecule has 0 amide bonds. The molecule has 3 heteroatoms. The number of benzene rings is 1. The van der Waals surface area contributed by atoms with E-state index in [1.807, 2.05) is 0 Å². The summed E-state index contributed by atoms with van der Waals surface area (Å²) >= 11 is 0. The van der Waals surface area contributed by atoms with Crippen LogP contribution in [0.4, 0.5) is 0 Å². The highest BCUT2D eigenvalue weighted by Gasteiger charge is 2.65. The van der Waals surface area contributed by atoms with E-state index in [0.717, 1.165) is 13.0 Å². The van der Waals surface area contributed by atoms with Crippen molar-refractivity contribution in [2.24, 2.45) is 11.1 Å². The molecular formula is C17H22N2O. The minimum absolute atomic E-state index is 0.0411. The summed E-state index contributed by atoms with van der Waals surface area (Å²) in [6.07, 6.45) is 3.68. The van der Waals surface area contributed by atoms with Gasteiger partial charge < -0.3 is 4.84 Å². The maximum Gasteiger partial charge on any atom is 0.163 e. The fraction of sp³-hybridized carbons (Fsp3) is 0.588. The van der Waals surface area contributed by atoms with Gasteiger partial charge in [-0.1, -0.05) is 42.4 Å². The van der Waals surface area contributed by atoms with Crippen molar-refractivity contribution in [2.75, 3.05) is 6.54 Å². The zero-order chi connectivity index (χ0) is 13.7. The highest BCUT2D eigenvalue weighted by molar-refractivity contribution is 6.04. The lowest BCUT2D eigenvalue weighted by atomic mass is 9.79. The lowest BCUT2D eigenvalue weighted by Gasteiger charge is -2.29. The summed E-state index contributed by atoms with van der Waals surface area (Å²) in [5.41, 5.74) is 2.35. The van der Waals surface area contributed by atoms with E-state index in [9.17, 15) is 0 Å². The van der Waals surface area contributed by atoms with Crippen LogP contribution in [0.1, 0.15) is 38.7 Å². The molecule has 4 unspecified atom stereocenters. The van der Waals surface area contributed by atoms with Gasteiger partial charge in [-0.2, -0.15) is 0 Å². The van der Waals surface area contributed by atoms with Crippen molar-refractivity contribution >= 4 is 5.71 Å². The first-order valence-corrected chi connectivity index (χ1v) is 7.85. The molecule has 0 aromatic heterocycles. The van der Waals surface area contributed by atoms with E-state index >= 15 is 0 Å². The zero-order valence-electron chi connectivity index (χ0n) is 12.2. The number of oxime groups is 1. The number of rotatable bonds is 2. The van der Waals surface area contributed by atoms with E-state index in [1.165, 1.54) is 24.1 Å². The topological polar surface area (TPSA) is 24.8 Å². The van der Waals surface area contributed by atoms with Gasteiger partial charge in [0.1, 0.15) is 0 Å². The van der Waals surface area contributed by atoms with Gasteiger partial charge in [0, 0.05) is 6.04 Å². The van der Waals surface area contributed by atoms with Gasteiger partial charge >= 0.3 is 0 Å². The number of likely N-dealkylation sites (tertiary alicyclic amines) is 1. The Kier molecular flexibility index (Phi) is 2.68. The zero-order valence-corrected chi connectivity index (χ0v) is 12.2. The van der Waals surface area contributed by atoms with Crippen LogP contribution in [0.2, 0.25) is 0 Å². The Hall–Kier alpha value is -1.35. The van der Waals surface area contributed by atoms with E-state index < -0.39 is 0 Å². The van der Waals surface area contributed by atoms with Gasteiger partial charge in [0.2, 0.25) is 0 Å². The largest absolute Gasteiger partial charge is 0.386 e. The SMILES string of the molecule is CCN1C(C)C2C(c3ccccc3)=NOC23CCCC13. The van der Waals surface area contributed by atoms with Crippen LogP contribution in [-0.4, -0.2) is 34.8 Å². The third-order valence-electron chi connectivity index (χ3n) is 5.58. The summed E-state index contributed by atoms with van der Waals surface area (Å²) in [7, 11) is 0. The summed E-state index contributed by atoms with van der Waals surface area (Å²) in [6.45, 7) is 5.72. The average molecular weight is 270 g/mol. The maximum absolute atomic E-state index is 6.10. The molecule has 0 radical (unpaired) electrons. The number of nitrogens with zero attached hydrogens (tertiary/aromatic N) is 2. The quantitative estimate of drug-likeness (QED) is 0.825. The van der Waals surface area contributed by atoms with Crippen molar-refractivity contribution in [3.63, 3.8) is 0 Å². The van der Waals surface area contributed by atoms with Gasteiger partial charge in [-0.3, -0.25) is 4.90 Å². The van der Waals surface area contributed by atoms with Crippen molar-refractivity contribution in [1.82, 2.24) is 4.90 Å². The highest BCUT2D eigenvalue weighted by atomic mass is 16.7. The molecule has 3 aliphatic rings. The second kappa shape index (κ2) is 4.32. The molecule has 3 nitrogen and oxygen atoms in total. The molecule has 1 aliphatic carbocycles. The van der Waals surface area contributed by atoms with E-state index in [1.54, 1.807) is 0 Å². The van der Waals surface area contributed by atoms with Gasteiger partial charge in [-0.25, -0.2) is 0 Å². The number of hydrogen-bond acceptors (Lipinski definition) is 3. The number of hydrogen-bond donors (Lipinski definition) is 0. The molecule has 4 rings (SSSR count). The second-order valence-electron chi connectivity index (χ2n) is 6.35. The van der Waals surface area contributed by atoms with Gasteiger partial charge in [0.25, 0.3) is 0 Å². The summed E-state index contributed by atoms with van der Waals surface area (Å²) in [5, 5.41) is 4.53. The normalized spacial score (nSPS) is 39.3.